The molecule has 0 aromatic carbocycles. The van der Waals surface area contributed by atoms with Gasteiger partial charge in [0, 0.05) is 6.08 Å². The van der Waals surface area contributed by atoms with Crippen LogP contribution in [0.15, 0.2) is 12.7 Å². The molecule has 5 heteroatoms. The monoisotopic (exact) mass is 244 g/mol. The van der Waals surface area contributed by atoms with E-state index in [1.165, 1.54) is 0 Å². The molecular weight excluding hydrogens is 224 g/mol. The van der Waals surface area contributed by atoms with Crippen LogP contribution in [0.4, 0.5) is 0 Å². The molecule has 0 bridgehead atoms. The van der Waals surface area contributed by atoms with Crippen LogP contribution in [-0.4, -0.2) is 37.4 Å². The third-order valence-corrected chi connectivity index (χ3v) is 1.51. The lowest BCUT2D eigenvalue weighted by atomic mass is 10.2. The van der Waals surface area contributed by atoms with Crippen LogP contribution in [0.1, 0.15) is 27.2 Å². The zero-order valence-corrected chi connectivity index (χ0v) is 10.7. The zero-order valence-electron chi connectivity index (χ0n) is 10.7. The van der Waals surface area contributed by atoms with Crippen molar-refractivity contribution >= 4 is 11.9 Å². The van der Waals surface area contributed by atoms with Crippen LogP contribution in [0.25, 0.3) is 0 Å². The van der Waals surface area contributed by atoms with E-state index in [0.29, 0.717) is 0 Å². The normalized spacial score (nSPS) is 10.8. The number of ether oxygens (including phenoxy) is 3. The van der Waals surface area contributed by atoms with Crippen molar-refractivity contribution in [2.45, 2.75) is 32.8 Å². The molecule has 0 fully saturated rings. The van der Waals surface area contributed by atoms with Crippen molar-refractivity contribution in [3.05, 3.63) is 12.7 Å². The Morgan fingerprint density at radius 3 is 2.35 bits per heavy atom. The van der Waals surface area contributed by atoms with E-state index < -0.39 is 11.6 Å². The summed E-state index contributed by atoms with van der Waals surface area (Å²) in [6.45, 7) is 9.33. The Bertz CT molecular complexity index is 265. The first-order chi connectivity index (χ1) is 7.85. The maximum atomic E-state index is 11.2. The van der Waals surface area contributed by atoms with Gasteiger partial charge < -0.3 is 14.2 Å². The minimum Gasteiger partial charge on any atom is -0.460 e. The van der Waals surface area contributed by atoms with Crippen molar-refractivity contribution in [1.82, 2.24) is 0 Å². The van der Waals surface area contributed by atoms with Crippen LogP contribution in [0.5, 0.6) is 0 Å². The number of rotatable bonds is 7. The van der Waals surface area contributed by atoms with E-state index in [-0.39, 0.29) is 32.2 Å². The van der Waals surface area contributed by atoms with Gasteiger partial charge in [-0.2, -0.15) is 0 Å². The van der Waals surface area contributed by atoms with Crippen LogP contribution in [-0.2, 0) is 23.8 Å². The molecule has 0 spiro atoms. The molecule has 98 valence electrons. The van der Waals surface area contributed by atoms with Crippen molar-refractivity contribution in [2.75, 3.05) is 19.8 Å². The van der Waals surface area contributed by atoms with E-state index in [2.05, 4.69) is 11.3 Å². The van der Waals surface area contributed by atoms with Gasteiger partial charge in [0.15, 0.2) is 0 Å². The van der Waals surface area contributed by atoms with Gasteiger partial charge in [0.25, 0.3) is 0 Å². The van der Waals surface area contributed by atoms with E-state index >= 15 is 0 Å². The van der Waals surface area contributed by atoms with Crippen molar-refractivity contribution in [3.63, 3.8) is 0 Å². The standard InChI is InChI=1S/C12H20O5/c1-5-10(13)16-9-8-15-7-6-11(14)17-12(2,3)4/h5H,1,6-9H2,2-4H3. The van der Waals surface area contributed by atoms with Crippen LogP contribution in [0, 0.1) is 0 Å². The number of carbonyl (C=O) groups excluding carboxylic acids is 2. The Hall–Kier alpha value is -1.36. The molecule has 0 atom stereocenters. The summed E-state index contributed by atoms with van der Waals surface area (Å²) < 4.78 is 14.9. The smallest absolute Gasteiger partial charge is 0.330 e. The molecule has 0 aliphatic heterocycles. The fourth-order valence-electron chi connectivity index (χ4n) is 0.910. The molecular formula is C12H20O5. The summed E-state index contributed by atoms with van der Waals surface area (Å²) in [6, 6.07) is 0. The second-order valence-electron chi connectivity index (χ2n) is 4.32. The fraction of sp³-hybridized carbons (Fsp3) is 0.667. The average molecular weight is 244 g/mol. The molecule has 0 aliphatic carbocycles. The van der Waals surface area contributed by atoms with Gasteiger partial charge in [0.05, 0.1) is 19.6 Å². The maximum Gasteiger partial charge on any atom is 0.330 e. The number of carbonyl (C=O) groups is 2. The Morgan fingerprint density at radius 2 is 1.82 bits per heavy atom. The van der Waals surface area contributed by atoms with Gasteiger partial charge in [-0.15, -0.1) is 0 Å². The second-order valence-corrected chi connectivity index (χ2v) is 4.32. The van der Waals surface area contributed by atoms with Gasteiger partial charge in [-0.1, -0.05) is 6.58 Å². The third kappa shape index (κ3) is 10.9. The first-order valence-corrected chi connectivity index (χ1v) is 5.44. The van der Waals surface area contributed by atoms with E-state index in [9.17, 15) is 9.59 Å². The lowest BCUT2D eigenvalue weighted by Gasteiger charge is -2.19. The fourth-order valence-corrected chi connectivity index (χ4v) is 0.910. The van der Waals surface area contributed by atoms with E-state index in [4.69, 9.17) is 9.47 Å². The number of esters is 2. The summed E-state index contributed by atoms with van der Waals surface area (Å²) in [7, 11) is 0. The average Bonchev–Trinajstić information content (AvgIpc) is 2.20. The predicted molar refractivity (Wildman–Crippen MR) is 62.4 cm³/mol. The van der Waals surface area contributed by atoms with Gasteiger partial charge in [0.2, 0.25) is 0 Å². The van der Waals surface area contributed by atoms with Gasteiger partial charge in [-0.05, 0) is 20.8 Å². The highest BCUT2D eigenvalue weighted by Crippen LogP contribution is 2.07. The van der Waals surface area contributed by atoms with E-state index in [1.54, 1.807) is 20.8 Å². The largest absolute Gasteiger partial charge is 0.460 e. The molecule has 0 N–H and O–H groups in total. The highest BCUT2D eigenvalue weighted by molar-refractivity contribution is 5.81. The Kier molecular flexibility index (Phi) is 7.21. The minimum atomic E-state index is -0.485. The highest BCUT2D eigenvalue weighted by Gasteiger charge is 2.15. The molecule has 0 saturated heterocycles. The van der Waals surface area contributed by atoms with Gasteiger partial charge in [0.1, 0.15) is 12.2 Å². The highest BCUT2D eigenvalue weighted by atomic mass is 16.6. The minimum absolute atomic E-state index is 0.152. The summed E-state index contributed by atoms with van der Waals surface area (Å²) >= 11 is 0. The van der Waals surface area contributed by atoms with Crippen molar-refractivity contribution in [3.8, 4) is 0 Å². The van der Waals surface area contributed by atoms with E-state index in [0.717, 1.165) is 6.08 Å². The third-order valence-electron chi connectivity index (χ3n) is 1.51. The molecule has 0 aromatic rings. The number of hydrogen-bond acceptors (Lipinski definition) is 5. The SMILES string of the molecule is C=CC(=O)OCCOCCC(=O)OC(C)(C)C. The Labute approximate surface area is 102 Å². The van der Waals surface area contributed by atoms with Gasteiger partial charge in [-0.3, -0.25) is 4.79 Å². The lowest BCUT2D eigenvalue weighted by molar-refractivity contribution is -0.156. The molecule has 0 radical (unpaired) electrons. The number of hydrogen-bond donors (Lipinski definition) is 0. The topological polar surface area (TPSA) is 61.8 Å². The Balaban J connectivity index is 3.43. The molecule has 0 unspecified atom stereocenters. The van der Waals surface area contributed by atoms with E-state index in [1.807, 2.05) is 0 Å². The predicted octanol–water partition coefficient (Wildman–Crippen LogP) is 1.46. The lowest BCUT2D eigenvalue weighted by Crippen LogP contribution is -2.24. The van der Waals surface area contributed by atoms with Crippen molar-refractivity contribution in [2.24, 2.45) is 0 Å². The molecule has 17 heavy (non-hydrogen) atoms. The van der Waals surface area contributed by atoms with Crippen LogP contribution in [0.3, 0.4) is 0 Å². The van der Waals surface area contributed by atoms with Crippen LogP contribution < -0.4 is 0 Å². The molecule has 0 amide bonds. The van der Waals surface area contributed by atoms with Crippen molar-refractivity contribution in [1.29, 1.82) is 0 Å². The maximum absolute atomic E-state index is 11.2. The van der Waals surface area contributed by atoms with Gasteiger partial charge >= 0.3 is 11.9 Å². The van der Waals surface area contributed by atoms with Gasteiger partial charge in [-0.25, -0.2) is 4.79 Å². The quantitative estimate of drug-likeness (QED) is 0.385. The van der Waals surface area contributed by atoms with Crippen LogP contribution in [0.2, 0.25) is 0 Å². The Morgan fingerprint density at radius 1 is 1.18 bits per heavy atom. The summed E-state index contributed by atoms with van der Waals surface area (Å²) in [5, 5.41) is 0. The first-order valence-electron chi connectivity index (χ1n) is 5.44. The molecule has 0 aliphatic rings. The summed E-state index contributed by atoms with van der Waals surface area (Å²) in [5.41, 5.74) is -0.476. The van der Waals surface area contributed by atoms with Crippen molar-refractivity contribution < 1.29 is 23.8 Å². The molecule has 0 rings (SSSR count). The zero-order chi connectivity index (χ0) is 13.3. The molecule has 0 saturated carbocycles. The first kappa shape index (κ1) is 15.6. The second kappa shape index (κ2) is 7.84. The van der Waals surface area contributed by atoms with Crippen LogP contribution >= 0.6 is 0 Å². The summed E-state index contributed by atoms with van der Waals surface area (Å²) in [5.74, 6) is -0.790. The molecule has 0 aromatic heterocycles. The summed E-state index contributed by atoms with van der Waals surface area (Å²) in [4.78, 5) is 21.9. The summed E-state index contributed by atoms with van der Waals surface area (Å²) in [6.07, 6.45) is 1.27. The molecule has 5 nitrogen and oxygen atoms in total. The molecule has 0 heterocycles.